The number of carboxylic acid groups (broad SMARTS) is 1. The average molecular weight is 362 g/mol. The number of ether oxygens (including phenoxy) is 1. The fourth-order valence-corrected chi connectivity index (χ4v) is 4.47. The summed E-state index contributed by atoms with van der Waals surface area (Å²) in [5, 5.41) is 9.34. The van der Waals surface area contributed by atoms with Crippen LogP contribution in [0.2, 0.25) is 5.02 Å². The van der Waals surface area contributed by atoms with Gasteiger partial charge in [0.2, 0.25) is 10.0 Å². The summed E-state index contributed by atoms with van der Waals surface area (Å²) in [6.45, 7) is 1.61. The van der Waals surface area contributed by atoms with Crippen LogP contribution in [-0.4, -0.2) is 50.0 Å². The molecular formula is C14H16ClNO6S. The second-order valence-corrected chi connectivity index (χ2v) is 7.72. The normalized spacial score (nSPS) is 22.0. The van der Waals surface area contributed by atoms with Crippen molar-refractivity contribution in [2.45, 2.75) is 11.8 Å². The first-order valence-corrected chi connectivity index (χ1v) is 8.61. The van der Waals surface area contributed by atoms with Gasteiger partial charge < -0.3 is 9.84 Å². The van der Waals surface area contributed by atoms with Crippen LogP contribution in [0.3, 0.4) is 0 Å². The van der Waals surface area contributed by atoms with E-state index in [-0.39, 0.29) is 34.5 Å². The molecule has 1 heterocycles. The van der Waals surface area contributed by atoms with E-state index in [1.54, 1.807) is 6.92 Å². The molecule has 0 spiro atoms. The molecule has 1 saturated heterocycles. The molecule has 1 N–H and O–H groups in total. The second kappa shape index (κ2) is 6.46. The fourth-order valence-electron chi connectivity index (χ4n) is 2.58. The number of halogens is 1. The molecule has 1 aliphatic heterocycles. The van der Waals surface area contributed by atoms with Gasteiger partial charge in [0, 0.05) is 18.1 Å². The lowest BCUT2D eigenvalue weighted by atomic mass is 9.99. The topological polar surface area (TPSA) is 101 Å². The van der Waals surface area contributed by atoms with E-state index in [1.165, 1.54) is 18.2 Å². The van der Waals surface area contributed by atoms with Gasteiger partial charge in [0.1, 0.15) is 0 Å². The Hall–Kier alpha value is -1.64. The van der Waals surface area contributed by atoms with Crippen molar-refractivity contribution in [1.82, 2.24) is 4.31 Å². The molecule has 2 rings (SSSR count). The molecule has 0 unspecified atom stereocenters. The predicted octanol–water partition coefficient (Wildman–Crippen LogP) is 1.47. The van der Waals surface area contributed by atoms with Crippen molar-refractivity contribution >= 4 is 33.6 Å². The van der Waals surface area contributed by atoms with Crippen LogP contribution in [0.1, 0.15) is 17.3 Å². The van der Waals surface area contributed by atoms with E-state index in [4.69, 9.17) is 16.7 Å². The molecule has 2 atom stereocenters. The lowest BCUT2D eigenvalue weighted by Gasteiger charge is -2.18. The van der Waals surface area contributed by atoms with E-state index in [0.29, 0.717) is 0 Å². The predicted molar refractivity (Wildman–Crippen MR) is 81.8 cm³/mol. The number of nitrogens with zero attached hydrogens (tertiary/aromatic N) is 1. The smallest absolute Gasteiger partial charge is 0.339 e. The summed E-state index contributed by atoms with van der Waals surface area (Å²) in [6, 6.07) is 3.80. The zero-order valence-electron chi connectivity index (χ0n) is 12.5. The lowest BCUT2D eigenvalue weighted by molar-refractivity contribution is -0.142. The number of carbonyl (C=O) groups is 2. The van der Waals surface area contributed by atoms with Crippen LogP contribution in [0.5, 0.6) is 0 Å². The van der Waals surface area contributed by atoms with Gasteiger partial charge in [0.05, 0.1) is 23.5 Å². The number of hydrogen-bond acceptors (Lipinski definition) is 5. The molecule has 1 fully saturated rings. The number of hydrogen-bond donors (Lipinski definition) is 1. The molecule has 0 amide bonds. The third kappa shape index (κ3) is 3.34. The van der Waals surface area contributed by atoms with Crippen molar-refractivity contribution in [2.24, 2.45) is 11.8 Å². The van der Waals surface area contributed by atoms with E-state index in [1.807, 2.05) is 0 Å². The third-order valence-electron chi connectivity index (χ3n) is 3.86. The number of benzene rings is 1. The summed E-state index contributed by atoms with van der Waals surface area (Å²) >= 11 is 5.82. The SMILES string of the molecule is COC(=O)c1cc(Cl)ccc1S(=O)(=O)N1C[C@@H](C)[C@H](C(=O)O)C1. The van der Waals surface area contributed by atoms with Crippen molar-refractivity contribution in [1.29, 1.82) is 0 Å². The third-order valence-corrected chi connectivity index (χ3v) is 5.99. The summed E-state index contributed by atoms with van der Waals surface area (Å²) in [5.74, 6) is -2.97. The van der Waals surface area contributed by atoms with Gasteiger partial charge in [-0.25, -0.2) is 13.2 Å². The molecule has 0 aromatic heterocycles. The Morgan fingerprint density at radius 2 is 2.00 bits per heavy atom. The quantitative estimate of drug-likeness (QED) is 0.815. The molecule has 9 heteroatoms. The molecule has 7 nitrogen and oxygen atoms in total. The van der Waals surface area contributed by atoms with Gasteiger partial charge in [-0.3, -0.25) is 4.79 Å². The standard InChI is InChI=1S/C14H16ClNO6S/c1-8-6-16(7-11(8)13(17)18)23(20,21)12-4-3-9(15)5-10(12)14(19)22-2/h3-5,8,11H,6-7H2,1-2H3,(H,17,18)/t8-,11-/m1/s1. The number of aliphatic carboxylic acids is 1. The van der Waals surface area contributed by atoms with E-state index in [0.717, 1.165) is 11.4 Å². The fraction of sp³-hybridized carbons (Fsp3) is 0.429. The highest BCUT2D eigenvalue weighted by Crippen LogP contribution is 2.31. The van der Waals surface area contributed by atoms with Crippen LogP contribution in [0.25, 0.3) is 0 Å². The van der Waals surface area contributed by atoms with Gasteiger partial charge >= 0.3 is 11.9 Å². The Labute approximate surface area is 138 Å². The van der Waals surface area contributed by atoms with Crippen molar-refractivity contribution in [3.8, 4) is 0 Å². The van der Waals surface area contributed by atoms with Crippen molar-refractivity contribution in [3.63, 3.8) is 0 Å². The van der Waals surface area contributed by atoms with Crippen molar-refractivity contribution in [2.75, 3.05) is 20.2 Å². The maximum Gasteiger partial charge on any atom is 0.339 e. The molecule has 0 bridgehead atoms. The minimum absolute atomic E-state index is 0.0720. The van der Waals surface area contributed by atoms with Crippen LogP contribution in [0, 0.1) is 11.8 Å². The monoisotopic (exact) mass is 361 g/mol. The van der Waals surface area contributed by atoms with Crippen LogP contribution in [0.4, 0.5) is 0 Å². The van der Waals surface area contributed by atoms with E-state index in [9.17, 15) is 18.0 Å². The molecular weight excluding hydrogens is 346 g/mol. The molecule has 0 radical (unpaired) electrons. The largest absolute Gasteiger partial charge is 0.481 e. The summed E-state index contributed by atoms with van der Waals surface area (Å²) in [7, 11) is -2.89. The minimum Gasteiger partial charge on any atom is -0.481 e. The Bertz CT molecular complexity index is 748. The first kappa shape index (κ1) is 17.7. The van der Waals surface area contributed by atoms with Crippen LogP contribution in [0.15, 0.2) is 23.1 Å². The first-order valence-electron chi connectivity index (χ1n) is 6.79. The van der Waals surface area contributed by atoms with Crippen molar-refractivity contribution < 1.29 is 27.9 Å². The number of carbonyl (C=O) groups excluding carboxylic acids is 1. The first-order chi connectivity index (χ1) is 10.7. The molecule has 0 aliphatic carbocycles. The number of carboxylic acids is 1. The van der Waals surface area contributed by atoms with Gasteiger partial charge in [-0.1, -0.05) is 18.5 Å². The second-order valence-electron chi connectivity index (χ2n) is 5.38. The Morgan fingerprint density at radius 1 is 1.35 bits per heavy atom. The molecule has 23 heavy (non-hydrogen) atoms. The lowest BCUT2D eigenvalue weighted by Crippen LogP contribution is -2.31. The van der Waals surface area contributed by atoms with E-state index in [2.05, 4.69) is 4.74 Å². The van der Waals surface area contributed by atoms with Gasteiger partial charge in [-0.05, 0) is 24.1 Å². The summed E-state index contributed by atoms with van der Waals surface area (Å²) in [4.78, 5) is 22.8. The van der Waals surface area contributed by atoms with Gasteiger partial charge in [0.25, 0.3) is 0 Å². The Morgan fingerprint density at radius 3 is 2.52 bits per heavy atom. The maximum atomic E-state index is 12.8. The molecule has 0 saturated carbocycles. The molecule has 1 aromatic rings. The van der Waals surface area contributed by atoms with Crippen LogP contribution in [-0.2, 0) is 19.6 Å². The molecule has 1 aromatic carbocycles. The number of sulfonamides is 1. The minimum atomic E-state index is -4.03. The Kier molecular flexibility index (Phi) is 4.98. The highest BCUT2D eigenvalue weighted by molar-refractivity contribution is 7.89. The number of rotatable bonds is 4. The summed E-state index contributed by atoms with van der Waals surface area (Å²) in [6.07, 6.45) is 0. The summed E-state index contributed by atoms with van der Waals surface area (Å²) in [5.41, 5.74) is -0.175. The van der Waals surface area contributed by atoms with E-state index >= 15 is 0 Å². The van der Waals surface area contributed by atoms with Crippen LogP contribution < -0.4 is 0 Å². The molecule has 1 aliphatic rings. The number of methoxy groups -OCH3 is 1. The van der Waals surface area contributed by atoms with Gasteiger partial charge in [-0.2, -0.15) is 4.31 Å². The number of esters is 1. The zero-order valence-corrected chi connectivity index (χ0v) is 14.1. The highest BCUT2D eigenvalue weighted by Gasteiger charge is 2.41. The van der Waals surface area contributed by atoms with Crippen molar-refractivity contribution in [3.05, 3.63) is 28.8 Å². The van der Waals surface area contributed by atoms with E-state index < -0.39 is 27.9 Å². The van der Waals surface area contributed by atoms with Crippen LogP contribution >= 0.6 is 11.6 Å². The average Bonchev–Trinajstić information content (AvgIpc) is 2.89. The highest BCUT2D eigenvalue weighted by atomic mass is 35.5. The zero-order chi connectivity index (χ0) is 17.4. The molecule has 126 valence electrons. The maximum absolute atomic E-state index is 12.8. The summed E-state index contributed by atoms with van der Waals surface area (Å²) < 4.78 is 31.2. The van der Waals surface area contributed by atoms with Gasteiger partial charge in [0.15, 0.2) is 0 Å². The Balaban J connectivity index is 2.45. The van der Waals surface area contributed by atoms with Gasteiger partial charge in [-0.15, -0.1) is 0 Å².